The summed E-state index contributed by atoms with van der Waals surface area (Å²) in [7, 11) is -3.63. The highest BCUT2D eigenvalue weighted by atomic mass is 32.2. The van der Waals surface area contributed by atoms with Gasteiger partial charge in [-0.25, -0.2) is 0 Å². The van der Waals surface area contributed by atoms with Crippen molar-refractivity contribution in [3.63, 3.8) is 0 Å². The molecule has 3 heterocycles. The maximum atomic E-state index is 13.1. The van der Waals surface area contributed by atoms with E-state index in [4.69, 9.17) is 0 Å². The number of rotatable bonds is 4. The molecule has 0 aliphatic carbocycles. The molecule has 1 N–H and O–H groups in total. The van der Waals surface area contributed by atoms with Gasteiger partial charge in [0.25, 0.3) is 10.0 Å². The molecule has 2 saturated heterocycles. The van der Waals surface area contributed by atoms with Crippen LogP contribution in [0.3, 0.4) is 0 Å². The smallest absolute Gasteiger partial charge is 0.285 e. The molecule has 0 bridgehead atoms. The van der Waals surface area contributed by atoms with E-state index in [2.05, 4.69) is 9.71 Å². The quantitative estimate of drug-likeness (QED) is 0.760. The minimum atomic E-state index is -3.63. The number of carbonyl (C=O) groups is 2. The van der Waals surface area contributed by atoms with E-state index in [9.17, 15) is 18.0 Å². The number of likely N-dealkylation sites (tertiary alicyclic amines) is 2. The SMILES string of the molecule is CCCC(=O)NC1CCCN(C(=O)C2CCN(C3=NS(=O)(=O)c4ccccc43)CC2)C1. The molecule has 2 fully saturated rings. The van der Waals surface area contributed by atoms with Crippen molar-refractivity contribution in [2.75, 3.05) is 26.2 Å². The third-order valence-corrected chi connectivity index (χ3v) is 7.66. The largest absolute Gasteiger partial charge is 0.355 e. The lowest BCUT2D eigenvalue weighted by Crippen LogP contribution is -2.52. The third kappa shape index (κ3) is 4.61. The minimum absolute atomic E-state index is 0.0337. The van der Waals surface area contributed by atoms with Gasteiger partial charge in [-0.3, -0.25) is 9.59 Å². The summed E-state index contributed by atoms with van der Waals surface area (Å²) in [6, 6.07) is 6.93. The highest BCUT2D eigenvalue weighted by molar-refractivity contribution is 7.90. The second-order valence-electron chi connectivity index (χ2n) is 8.59. The van der Waals surface area contributed by atoms with E-state index in [1.54, 1.807) is 18.2 Å². The van der Waals surface area contributed by atoms with Crippen LogP contribution in [0.15, 0.2) is 33.6 Å². The molecule has 1 aromatic carbocycles. The monoisotopic (exact) mass is 446 g/mol. The van der Waals surface area contributed by atoms with Gasteiger partial charge in [0.2, 0.25) is 11.8 Å². The van der Waals surface area contributed by atoms with Crippen LogP contribution in [0.5, 0.6) is 0 Å². The lowest BCUT2D eigenvalue weighted by molar-refractivity contribution is -0.138. The van der Waals surface area contributed by atoms with Crippen LogP contribution in [0, 0.1) is 5.92 Å². The van der Waals surface area contributed by atoms with Crippen LogP contribution in [-0.4, -0.2) is 68.1 Å². The second kappa shape index (κ2) is 8.98. The van der Waals surface area contributed by atoms with E-state index < -0.39 is 10.0 Å². The number of hydrogen-bond donors (Lipinski definition) is 1. The van der Waals surface area contributed by atoms with E-state index in [0.717, 1.165) is 25.8 Å². The summed E-state index contributed by atoms with van der Waals surface area (Å²) in [5.74, 6) is 0.631. The number of amides is 2. The van der Waals surface area contributed by atoms with E-state index in [-0.39, 0.29) is 28.7 Å². The predicted octanol–water partition coefficient (Wildman–Crippen LogP) is 1.75. The lowest BCUT2D eigenvalue weighted by Gasteiger charge is -2.38. The maximum absolute atomic E-state index is 13.1. The maximum Gasteiger partial charge on any atom is 0.285 e. The van der Waals surface area contributed by atoms with E-state index >= 15 is 0 Å². The summed E-state index contributed by atoms with van der Waals surface area (Å²) < 4.78 is 28.7. The van der Waals surface area contributed by atoms with Crippen LogP contribution in [0.4, 0.5) is 0 Å². The van der Waals surface area contributed by atoms with Crippen molar-refractivity contribution in [1.82, 2.24) is 15.1 Å². The molecule has 168 valence electrons. The Labute approximate surface area is 183 Å². The van der Waals surface area contributed by atoms with Crippen LogP contribution < -0.4 is 5.32 Å². The zero-order chi connectivity index (χ0) is 22.0. The van der Waals surface area contributed by atoms with Crippen molar-refractivity contribution in [2.45, 2.75) is 56.4 Å². The van der Waals surface area contributed by atoms with Gasteiger partial charge in [0, 0.05) is 50.1 Å². The topological polar surface area (TPSA) is 99.2 Å². The molecule has 0 aromatic heterocycles. The molecule has 0 spiro atoms. The van der Waals surface area contributed by atoms with Gasteiger partial charge < -0.3 is 15.1 Å². The number of carbonyl (C=O) groups excluding carboxylic acids is 2. The van der Waals surface area contributed by atoms with Gasteiger partial charge in [0.1, 0.15) is 4.90 Å². The number of hydrogen-bond acceptors (Lipinski definition) is 5. The highest BCUT2D eigenvalue weighted by Gasteiger charge is 2.36. The van der Waals surface area contributed by atoms with Gasteiger partial charge in [-0.15, -0.1) is 4.40 Å². The van der Waals surface area contributed by atoms with Gasteiger partial charge >= 0.3 is 0 Å². The highest BCUT2D eigenvalue weighted by Crippen LogP contribution is 2.30. The zero-order valence-electron chi connectivity index (χ0n) is 17.9. The van der Waals surface area contributed by atoms with E-state index in [1.807, 2.05) is 22.8 Å². The molecular formula is C22H30N4O4S. The summed E-state index contributed by atoms with van der Waals surface area (Å²) >= 11 is 0. The van der Waals surface area contributed by atoms with Crippen molar-refractivity contribution >= 4 is 27.7 Å². The summed E-state index contributed by atoms with van der Waals surface area (Å²) in [6.45, 7) is 4.49. The zero-order valence-corrected chi connectivity index (χ0v) is 18.7. The van der Waals surface area contributed by atoms with Gasteiger partial charge in [0.05, 0.1) is 0 Å². The Bertz CT molecular complexity index is 983. The van der Waals surface area contributed by atoms with Crippen molar-refractivity contribution < 1.29 is 18.0 Å². The summed E-state index contributed by atoms with van der Waals surface area (Å²) in [5, 5.41) is 3.06. The van der Waals surface area contributed by atoms with Crippen LogP contribution in [0.25, 0.3) is 0 Å². The molecular weight excluding hydrogens is 416 g/mol. The number of amidine groups is 1. The standard InChI is InChI=1S/C22H30N4O4S/c1-2-6-20(27)23-17-7-5-12-26(15-17)22(28)16-10-13-25(14-11-16)21-18-8-3-4-9-19(18)31(29,30)24-21/h3-4,8-9,16-17H,2,5-7,10-15H2,1H3,(H,23,27). The molecule has 8 nitrogen and oxygen atoms in total. The third-order valence-electron chi connectivity index (χ3n) is 6.33. The van der Waals surface area contributed by atoms with Crippen LogP contribution in [0.1, 0.15) is 51.0 Å². The average Bonchev–Trinajstić information content (AvgIpc) is 3.05. The fourth-order valence-corrected chi connectivity index (χ4v) is 5.96. The Hall–Kier alpha value is -2.42. The van der Waals surface area contributed by atoms with E-state index in [1.165, 1.54) is 0 Å². The Kier molecular flexibility index (Phi) is 6.31. The lowest BCUT2D eigenvalue weighted by atomic mass is 9.93. The van der Waals surface area contributed by atoms with Crippen LogP contribution >= 0.6 is 0 Å². The molecule has 3 aliphatic heterocycles. The van der Waals surface area contributed by atoms with Crippen molar-refractivity contribution in [3.8, 4) is 0 Å². The summed E-state index contributed by atoms with van der Waals surface area (Å²) in [4.78, 5) is 29.2. The Balaban J connectivity index is 1.35. The van der Waals surface area contributed by atoms with E-state index in [0.29, 0.717) is 50.3 Å². The van der Waals surface area contributed by atoms with Crippen molar-refractivity contribution in [1.29, 1.82) is 0 Å². The Morgan fingerprint density at radius 1 is 1.13 bits per heavy atom. The molecule has 9 heteroatoms. The van der Waals surface area contributed by atoms with Gasteiger partial charge in [0.15, 0.2) is 5.84 Å². The average molecular weight is 447 g/mol. The number of fused-ring (bicyclic) bond motifs is 1. The van der Waals surface area contributed by atoms with Crippen LogP contribution in [0.2, 0.25) is 0 Å². The predicted molar refractivity (Wildman–Crippen MR) is 117 cm³/mol. The number of benzene rings is 1. The van der Waals surface area contributed by atoms with Crippen LogP contribution in [-0.2, 0) is 19.6 Å². The first-order chi connectivity index (χ1) is 14.9. The first-order valence-electron chi connectivity index (χ1n) is 11.2. The summed E-state index contributed by atoms with van der Waals surface area (Å²) in [5.41, 5.74) is 0.647. The number of nitrogens with zero attached hydrogens (tertiary/aromatic N) is 3. The Morgan fingerprint density at radius 2 is 1.87 bits per heavy atom. The molecule has 4 rings (SSSR count). The molecule has 3 aliphatic rings. The second-order valence-corrected chi connectivity index (χ2v) is 10.2. The van der Waals surface area contributed by atoms with Gasteiger partial charge in [-0.05, 0) is 44.2 Å². The number of nitrogens with one attached hydrogen (secondary N) is 1. The molecule has 1 unspecified atom stereocenters. The fraction of sp³-hybridized carbons (Fsp3) is 0.591. The number of piperidine rings is 2. The normalized spacial score (nSPS) is 23.3. The first-order valence-corrected chi connectivity index (χ1v) is 12.6. The molecule has 1 aromatic rings. The minimum Gasteiger partial charge on any atom is -0.355 e. The molecule has 0 saturated carbocycles. The fourth-order valence-electron chi connectivity index (χ4n) is 4.74. The van der Waals surface area contributed by atoms with Gasteiger partial charge in [-0.1, -0.05) is 19.1 Å². The number of sulfonamides is 1. The summed E-state index contributed by atoms with van der Waals surface area (Å²) in [6.07, 6.45) is 4.48. The molecule has 0 radical (unpaired) electrons. The molecule has 2 amide bonds. The first kappa shape index (κ1) is 21.8. The van der Waals surface area contributed by atoms with Crippen molar-refractivity contribution in [3.05, 3.63) is 29.8 Å². The molecule has 1 atom stereocenters. The molecule has 31 heavy (non-hydrogen) atoms. The van der Waals surface area contributed by atoms with Crippen molar-refractivity contribution in [2.24, 2.45) is 10.3 Å². The Morgan fingerprint density at radius 3 is 2.61 bits per heavy atom. The van der Waals surface area contributed by atoms with Gasteiger partial charge in [-0.2, -0.15) is 8.42 Å².